The van der Waals surface area contributed by atoms with Crippen LogP contribution in [0.4, 0.5) is 5.82 Å². The number of nitriles is 1. The Bertz CT molecular complexity index is 794. The number of piperidine rings is 1. The van der Waals surface area contributed by atoms with Crippen molar-refractivity contribution in [2.75, 3.05) is 24.5 Å². The minimum absolute atomic E-state index is 0.0496. The van der Waals surface area contributed by atoms with Gasteiger partial charge in [0.15, 0.2) is 0 Å². The molecular formula is C19H19BrN4O. The normalized spacial score (nSPS) is 14.8. The lowest BCUT2D eigenvalue weighted by molar-refractivity contribution is 0.0944. The summed E-state index contributed by atoms with van der Waals surface area (Å²) in [6.45, 7) is 2.36. The monoisotopic (exact) mass is 398 g/mol. The fourth-order valence-corrected chi connectivity index (χ4v) is 3.53. The van der Waals surface area contributed by atoms with Crippen LogP contribution in [-0.2, 0) is 0 Å². The quantitative estimate of drug-likeness (QED) is 0.856. The number of pyridine rings is 1. The van der Waals surface area contributed by atoms with Crippen LogP contribution >= 0.6 is 15.9 Å². The Morgan fingerprint density at radius 1 is 1.28 bits per heavy atom. The van der Waals surface area contributed by atoms with E-state index < -0.39 is 0 Å². The van der Waals surface area contributed by atoms with Gasteiger partial charge in [-0.15, -0.1) is 0 Å². The van der Waals surface area contributed by atoms with Gasteiger partial charge >= 0.3 is 0 Å². The number of aromatic nitrogens is 1. The maximum Gasteiger partial charge on any atom is 0.252 e. The second-order valence-electron chi connectivity index (χ2n) is 6.11. The Balaban J connectivity index is 1.52. The molecule has 1 aliphatic heterocycles. The molecule has 2 aromatic rings. The number of hydrogen-bond donors (Lipinski definition) is 1. The Labute approximate surface area is 155 Å². The first-order valence-corrected chi connectivity index (χ1v) is 9.11. The molecule has 0 saturated carbocycles. The van der Waals surface area contributed by atoms with Gasteiger partial charge in [0, 0.05) is 30.3 Å². The molecule has 128 valence electrons. The van der Waals surface area contributed by atoms with Crippen molar-refractivity contribution in [2.45, 2.75) is 12.8 Å². The van der Waals surface area contributed by atoms with E-state index in [0.717, 1.165) is 36.2 Å². The number of rotatable bonds is 4. The van der Waals surface area contributed by atoms with Crippen molar-refractivity contribution < 1.29 is 4.79 Å². The lowest BCUT2D eigenvalue weighted by Gasteiger charge is -2.33. The maximum atomic E-state index is 12.3. The minimum atomic E-state index is -0.0496. The number of carbonyl (C=O) groups excluding carboxylic acids is 1. The number of nitrogens with one attached hydrogen (secondary N) is 1. The van der Waals surface area contributed by atoms with E-state index in [1.165, 1.54) is 0 Å². The van der Waals surface area contributed by atoms with Gasteiger partial charge < -0.3 is 10.2 Å². The first-order chi connectivity index (χ1) is 12.2. The average molecular weight is 399 g/mol. The van der Waals surface area contributed by atoms with E-state index in [9.17, 15) is 10.1 Å². The number of anilines is 1. The largest absolute Gasteiger partial charge is 0.356 e. The van der Waals surface area contributed by atoms with Crippen molar-refractivity contribution in [3.05, 3.63) is 58.2 Å². The zero-order valence-electron chi connectivity index (χ0n) is 13.8. The molecule has 0 radical (unpaired) electrons. The summed E-state index contributed by atoms with van der Waals surface area (Å²) >= 11 is 3.41. The molecule has 0 spiro atoms. The van der Waals surface area contributed by atoms with E-state index in [0.29, 0.717) is 23.6 Å². The second-order valence-corrected chi connectivity index (χ2v) is 6.96. The highest BCUT2D eigenvalue weighted by Gasteiger charge is 2.22. The highest BCUT2D eigenvalue weighted by Crippen LogP contribution is 2.24. The molecule has 5 nitrogen and oxygen atoms in total. The van der Waals surface area contributed by atoms with Gasteiger partial charge in [-0.3, -0.25) is 4.79 Å². The third-order valence-electron chi connectivity index (χ3n) is 4.49. The zero-order chi connectivity index (χ0) is 17.6. The molecule has 0 aliphatic carbocycles. The van der Waals surface area contributed by atoms with E-state index in [1.54, 1.807) is 18.3 Å². The topological polar surface area (TPSA) is 69.0 Å². The third kappa shape index (κ3) is 4.18. The molecule has 1 N–H and O–H groups in total. The van der Waals surface area contributed by atoms with Crippen molar-refractivity contribution >= 4 is 27.7 Å². The van der Waals surface area contributed by atoms with Gasteiger partial charge in [0.1, 0.15) is 11.9 Å². The van der Waals surface area contributed by atoms with E-state index in [4.69, 9.17) is 0 Å². The lowest BCUT2D eigenvalue weighted by Crippen LogP contribution is -2.39. The van der Waals surface area contributed by atoms with E-state index in [2.05, 4.69) is 37.2 Å². The number of amides is 1. The summed E-state index contributed by atoms with van der Waals surface area (Å²) in [6.07, 6.45) is 3.66. The van der Waals surface area contributed by atoms with Crippen LogP contribution in [0.2, 0.25) is 0 Å². The molecule has 1 saturated heterocycles. The number of benzene rings is 1. The van der Waals surface area contributed by atoms with Gasteiger partial charge in [0.2, 0.25) is 0 Å². The molecule has 1 fully saturated rings. The van der Waals surface area contributed by atoms with Gasteiger partial charge in [-0.25, -0.2) is 4.98 Å². The van der Waals surface area contributed by atoms with Crippen LogP contribution in [0.5, 0.6) is 0 Å². The van der Waals surface area contributed by atoms with E-state index >= 15 is 0 Å². The standard InChI is InChI=1S/C19H19BrN4O/c20-17-6-2-1-5-16(17)19(25)23-13-14-7-10-24(11-8-14)18-15(12-21)4-3-9-22-18/h1-6,9,14H,7-8,10-11,13H2,(H,23,25). The van der Waals surface area contributed by atoms with Crippen molar-refractivity contribution in [2.24, 2.45) is 5.92 Å². The summed E-state index contributed by atoms with van der Waals surface area (Å²) in [4.78, 5) is 18.8. The number of halogens is 1. The fourth-order valence-electron chi connectivity index (χ4n) is 3.06. The Hall–Kier alpha value is -2.39. The first-order valence-electron chi connectivity index (χ1n) is 8.32. The molecular weight excluding hydrogens is 380 g/mol. The van der Waals surface area contributed by atoms with E-state index in [1.807, 2.05) is 24.3 Å². The second kappa shape index (κ2) is 8.13. The van der Waals surface area contributed by atoms with Crippen LogP contribution in [0.25, 0.3) is 0 Å². The highest BCUT2D eigenvalue weighted by molar-refractivity contribution is 9.10. The van der Waals surface area contributed by atoms with Gasteiger partial charge in [0.05, 0.1) is 11.1 Å². The SMILES string of the molecule is N#Cc1cccnc1N1CCC(CNC(=O)c2ccccc2Br)CC1. The summed E-state index contributed by atoms with van der Waals surface area (Å²) < 4.78 is 0.807. The van der Waals surface area contributed by atoms with Crippen LogP contribution in [0, 0.1) is 17.2 Å². The molecule has 6 heteroatoms. The summed E-state index contributed by atoms with van der Waals surface area (Å²) in [5.74, 6) is 1.16. The minimum Gasteiger partial charge on any atom is -0.356 e. The molecule has 1 aromatic heterocycles. The van der Waals surface area contributed by atoms with Crippen molar-refractivity contribution in [1.29, 1.82) is 5.26 Å². The number of hydrogen-bond acceptors (Lipinski definition) is 4. The third-order valence-corrected chi connectivity index (χ3v) is 5.18. The van der Waals surface area contributed by atoms with Crippen LogP contribution < -0.4 is 10.2 Å². The van der Waals surface area contributed by atoms with Crippen LogP contribution in [0.3, 0.4) is 0 Å². The maximum absolute atomic E-state index is 12.3. The average Bonchev–Trinajstić information content (AvgIpc) is 2.67. The predicted octanol–water partition coefficient (Wildman–Crippen LogP) is 3.36. The van der Waals surface area contributed by atoms with Gasteiger partial charge in [-0.05, 0) is 59.0 Å². The Morgan fingerprint density at radius 2 is 2.04 bits per heavy atom. The van der Waals surface area contributed by atoms with Gasteiger partial charge in [0.25, 0.3) is 5.91 Å². The molecule has 0 atom stereocenters. The Kier molecular flexibility index (Phi) is 5.67. The summed E-state index contributed by atoms with van der Waals surface area (Å²) in [6, 6.07) is 13.2. The molecule has 1 aromatic carbocycles. The summed E-state index contributed by atoms with van der Waals surface area (Å²) in [5, 5.41) is 12.2. The smallest absolute Gasteiger partial charge is 0.252 e. The predicted molar refractivity (Wildman–Crippen MR) is 100 cm³/mol. The molecule has 3 rings (SSSR count). The Morgan fingerprint density at radius 3 is 2.76 bits per heavy atom. The van der Waals surface area contributed by atoms with Crippen LogP contribution in [0.15, 0.2) is 47.1 Å². The van der Waals surface area contributed by atoms with E-state index in [-0.39, 0.29) is 5.91 Å². The summed E-state index contributed by atoms with van der Waals surface area (Å²) in [5.41, 5.74) is 1.27. The highest BCUT2D eigenvalue weighted by atomic mass is 79.9. The summed E-state index contributed by atoms with van der Waals surface area (Å²) in [7, 11) is 0. The molecule has 0 unspecified atom stereocenters. The zero-order valence-corrected chi connectivity index (χ0v) is 15.4. The van der Waals surface area contributed by atoms with Crippen molar-refractivity contribution in [3.8, 4) is 6.07 Å². The van der Waals surface area contributed by atoms with Crippen LogP contribution in [-0.4, -0.2) is 30.5 Å². The molecule has 0 bridgehead atoms. The molecule has 2 heterocycles. The van der Waals surface area contributed by atoms with Crippen LogP contribution in [0.1, 0.15) is 28.8 Å². The number of carbonyl (C=O) groups is 1. The molecule has 25 heavy (non-hydrogen) atoms. The first kappa shape index (κ1) is 17.4. The molecule has 1 aliphatic rings. The fraction of sp³-hybridized carbons (Fsp3) is 0.316. The van der Waals surface area contributed by atoms with Gasteiger partial charge in [-0.2, -0.15) is 5.26 Å². The van der Waals surface area contributed by atoms with Crippen molar-refractivity contribution in [1.82, 2.24) is 10.3 Å². The number of nitrogens with zero attached hydrogens (tertiary/aromatic N) is 3. The van der Waals surface area contributed by atoms with Crippen molar-refractivity contribution in [3.63, 3.8) is 0 Å². The van der Waals surface area contributed by atoms with Gasteiger partial charge in [-0.1, -0.05) is 12.1 Å². The molecule has 1 amide bonds. The lowest BCUT2D eigenvalue weighted by atomic mass is 9.96.